The van der Waals surface area contributed by atoms with Crippen LogP contribution < -0.4 is 10.2 Å². The molecule has 0 aliphatic carbocycles. The average Bonchev–Trinajstić information content (AvgIpc) is 2.77. The summed E-state index contributed by atoms with van der Waals surface area (Å²) in [6.45, 7) is 0. The van der Waals surface area contributed by atoms with Gasteiger partial charge in [0.15, 0.2) is 0 Å². The summed E-state index contributed by atoms with van der Waals surface area (Å²) >= 11 is 0. The molecule has 3 nitrogen and oxygen atoms in total. The number of nitrogens with zero attached hydrogens (tertiary/aromatic N) is 1. The number of rotatable bonds is 3. The molecule has 0 fully saturated rings. The van der Waals surface area contributed by atoms with E-state index in [4.69, 9.17) is 0 Å². The molecule has 2 aromatic rings. The predicted molar refractivity (Wildman–Crippen MR) is 80.9 cm³/mol. The van der Waals surface area contributed by atoms with E-state index in [1.807, 2.05) is 19.2 Å². The minimum absolute atomic E-state index is 0.0168. The largest absolute Gasteiger partial charge is 0.315 e. The van der Waals surface area contributed by atoms with Gasteiger partial charge in [-0.3, -0.25) is 4.79 Å². The molecular weight excluding hydrogens is 267 g/mol. The minimum atomic E-state index is -0.241. The molecule has 1 atom stereocenters. The molecule has 1 amide bonds. The second-order valence-electron chi connectivity index (χ2n) is 5.29. The fourth-order valence-corrected chi connectivity index (χ4v) is 2.85. The number of amides is 1. The monoisotopic (exact) mass is 284 g/mol. The highest BCUT2D eigenvalue weighted by Crippen LogP contribution is 2.31. The topological polar surface area (TPSA) is 32.3 Å². The van der Waals surface area contributed by atoms with E-state index in [1.54, 1.807) is 24.1 Å². The summed E-state index contributed by atoms with van der Waals surface area (Å²) < 4.78 is 13.1. The molecule has 0 aromatic heterocycles. The highest BCUT2D eigenvalue weighted by atomic mass is 19.1. The van der Waals surface area contributed by atoms with E-state index in [9.17, 15) is 9.18 Å². The lowest BCUT2D eigenvalue weighted by atomic mass is 9.96. The summed E-state index contributed by atoms with van der Waals surface area (Å²) in [7, 11) is 3.67. The van der Waals surface area contributed by atoms with Crippen LogP contribution in [0.2, 0.25) is 0 Å². The van der Waals surface area contributed by atoms with Gasteiger partial charge in [-0.25, -0.2) is 4.39 Å². The van der Waals surface area contributed by atoms with Gasteiger partial charge in [0, 0.05) is 12.7 Å². The molecule has 1 aliphatic heterocycles. The fraction of sp³-hybridized carbons (Fsp3) is 0.235. The predicted octanol–water partition coefficient (Wildman–Crippen LogP) is 2.65. The second kappa shape index (κ2) is 5.30. The van der Waals surface area contributed by atoms with Crippen molar-refractivity contribution >= 4 is 11.6 Å². The van der Waals surface area contributed by atoms with Crippen LogP contribution in [-0.2, 0) is 11.2 Å². The van der Waals surface area contributed by atoms with Gasteiger partial charge < -0.3 is 10.2 Å². The quantitative estimate of drug-likeness (QED) is 0.940. The first-order chi connectivity index (χ1) is 10.1. The van der Waals surface area contributed by atoms with Gasteiger partial charge in [0.1, 0.15) is 5.82 Å². The Labute approximate surface area is 123 Å². The summed E-state index contributed by atoms with van der Waals surface area (Å²) in [5.41, 5.74) is 4.09. The van der Waals surface area contributed by atoms with Gasteiger partial charge in [-0.1, -0.05) is 24.3 Å². The highest BCUT2D eigenvalue weighted by molar-refractivity contribution is 6.00. The van der Waals surface area contributed by atoms with Crippen molar-refractivity contribution in [3.8, 4) is 0 Å². The number of likely N-dealkylation sites (N-methyl/N-ethyl adjacent to an activating group) is 1. The Hall–Kier alpha value is -2.20. The maximum Gasteiger partial charge on any atom is 0.231 e. The molecule has 0 spiro atoms. The van der Waals surface area contributed by atoms with Crippen LogP contribution in [-0.4, -0.2) is 20.0 Å². The van der Waals surface area contributed by atoms with Crippen LogP contribution in [0, 0.1) is 5.82 Å². The number of carbonyl (C=O) groups excluding carboxylic acids is 1. The molecule has 2 aromatic carbocycles. The molecule has 1 aliphatic rings. The van der Waals surface area contributed by atoms with Crippen LogP contribution in [0.1, 0.15) is 22.7 Å². The molecule has 4 heteroatoms. The van der Waals surface area contributed by atoms with E-state index in [2.05, 4.69) is 11.4 Å². The number of fused-ring (bicyclic) bond motifs is 1. The molecule has 0 radical (unpaired) electrons. The number of anilines is 1. The number of benzene rings is 2. The van der Waals surface area contributed by atoms with Crippen molar-refractivity contribution in [2.45, 2.75) is 12.5 Å². The Morgan fingerprint density at radius 3 is 2.48 bits per heavy atom. The normalized spacial score (nSPS) is 15.2. The zero-order chi connectivity index (χ0) is 15.0. The van der Waals surface area contributed by atoms with E-state index >= 15 is 0 Å². The van der Waals surface area contributed by atoms with E-state index in [1.165, 1.54) is 12.1 Å². The number of hydrogen-bond donors (Lipinski definition) is 1. The van der Waals surface area contributed by atoms with Crippen molar-refractivity contribution in [1.29, 1.82) is 0 Å². The van der Waals surface area contributed by atoms with Gasteiger partial charge >= 0.3 is 0 Å². The molecule has 0 saturated heterocycles. The molecule has 3 rings (SSSR count). The van der Waals surface area contributed by atoms with Crippen LogP contribution >= 0.6 is 0 Å². The van der Waals surface area contributed by atoms with Crippen molar-refractivity contribution in [2.75, 3.05) is 19.0 Å². The summed E-state index contributed by atoms with van der Waals surface area (Å²) in [5, 5.41) is 3.25. The average molecular weight is 284 g/mol. The van der Waals surface area contributed by atoms with Crippen molar-refractivity contribution in [3.05, 3.63) is 65.0 Å². The zero-order valence-electron chi connectivity index (χ0n) is 12.1. The Balaban J connectivity index is 1.97. The summed E-state index contributed by atoms with van der Waals surface area (Å²) in [4.78, 5) is 13.4. The van der Waals surface area contributed by atoms with Crippen LogP contribution in [0.5, 0.6) is 0 Å². The molecule has 1 heterocycles. The Morgan fingerprint density at radius 2 is 1.81 bits per heavy atom. The number of hydrogen-bond acceptors (Lipinski definition) is 2. The lowest BCUT2D eigenvalue weighted by molar-refractivity contribution is -0.117. The van der Waals surface area contributed by atoms with Crippen LogP contribution in [0.25, 0.3) is 0 Å². The molecule has 0 saturated carbocycles. The Kier molecular flexibility index (Phi) is 3.47. The van der Waals surface area contributed by atoms with Crippen molar-refractivity contribution in [3.63, 3.8) is 0 Å². The van der Waals surface area contributed by atoms with Gasteiger partial charge in [-0.15, -0.1) is 0 Å². The van der Waals surface area contributed by atoms with Crippen molar-refractivity contribution < 1.29 is 9.18 Å². The first-order valence-electron chi connectivity index (χ1n) is 6.92. The van der Waals surface area contributed by atoms with Crippen molar-refractivity contribution in [1.82, 2.24) is 5.32 Å². The summed E-state index contributed by atoms with van der Waals surface area (Å²) in [5.74, 6) is -0.125. The summed E-state index contributed by atoms with van der Waals surface area (Å²) in [6.07, 6.45) is 0.444. The molecule has 1 N–H and O–H groups in total. The van der Waals surface area contributed by atoms with E-state index < -0.39 is 0 Å². The lowest BCUT2D eigenvalue weighted by Crippen LogP contribution is -2.20. The zero-order valence-corrected chi connectivity index (χ0v) is 12.1. The molecule has 1 unspecified atom stereocenters. The third kappa shape index (κ3) is 2.43. The maximum atomic E-state index is 13.1. The van der Waals surface area contributed by atoms with Gasteiger partial charge in [0.2, 0.25) is 5.91 Å². The van der Waals surface area contributed by atoms with E-state index in [0.717, 1.165) is 22.4 Å². The first kappa shape index (κ1) is 13.8. The van der Waals surface area contributed by atoms with E-state index in [0.29, 0.717) is 6.42 Å². The lowest BCUT2D eigenvalue weighted by Gasteiger charge is -2.19. The summed E-state index contributed by atoms with van der Waals surface area (Å²) in [6, 6.07) is 12.5. The highest BCUT2D eigenvalue weighted by Gasteiger charge is 2.25. The van der Waals surface area contributed by atoms with Gasteiger partial charge in [0.05, 0.1) is 12.5 Å². The van der Waals surface area contributed by atoms with Crippen LogP contribution in [0.4, 0.5) is 10.1 Å². The smallest absolute Gasteiger partial charge is 0.231 e. The third-order valence-electron chi connectivity index (χ3n) is 4.01. The number of carbonyl (C=O) groups is 1. The van der Waals surface area contributed by atoms with Crippen molar-refractivity contribution in [2.24, 2.45) is 0 Å². The molecule has 21 heavy (non-hydrogen) atoms. The van der Waals surface area contributed by atoms with Crippen LogP contribution in [0.15, 0.2) is 42.5 Å². The SMILES string of the molecule is CNC(c1ccc(F)cc1)c1ccc2c(c1)CC(=O)N2C. The van der Waals surface area contributed by atoms with E-state index in [-0.39, 0.29) is 17.8 Å². The maximum absolute atomic E-state index is 13.1. The van der Waals surface area contributed by atoms with Gasteiger partial charge in [0.25, 0.3) is 0 Å². The minimum Gasteiger partial charge on any atom is -0.315 e. The van der Waals surface area contributed by atoms with Crippen LogP contribution in [0.3, 0.4) is 0 Å². The van der Waals surface area contributed by atoms with Gasteiger partial charge in [-0.05, 0) is 41.9 Å². The van der Waals surface area contributed by atoms with Gasteiger partial charge in [-0.2, -0.15) is 0 Å². The standard InChI is InChI=1S/C17H17FN2O/c1-19-17(11-3-6-14(18)7-4-11)12-5-8-15-13(9-12)10-16(21)20(15)2/h3-9,17,19H,10H2,1-2H3. The molecular formula is C17H17FN2O. The number of halogens is 1. The molecule has 108 valence electrons. The fourth-order valence-electron chi connectivity index (χ4n) is 2.85. The molecule has 0 bridgehead atoms. The second-order valence-corrected chi connectivity index (χ2v) is 5.29. The third-order valence-corrected chi connectivity index (χ3v) is 4.01. The Morgan fingerprint density at radius 1 is 1.14 bits per heavy atom. The number of nitrogens with one attached hydrogen (secondary N) is 1. The Bertz CT molecular complexity index is 682. The first-order valence-corrected chi connectivity index (χ1v) is 6.92.